The molecule has 0 bridgehead atoms. The molecule has 0 aliphatic carbocycles. The van der Waals surface area contributed by atoms with Crippen molar-refractivity contribution in [1.82, 2.24) is 0 Å². The Morgan fingerprint density at radius 1 is 1.00 bits per heavy atom. The first-order valence-electron chi connectivity index (χ1n) is 1.16. The van der Waals surface area contributed by atoms with Crippen LogP contribution in [0.2, 0.25) is 0 Å². The predicted molar refractivity (Wildman–Crippen MR) is 16.1 cm³/mol. The first kappa shape index (κ1) is 23.4. The zero-order chi connectivity index (χ0) is 8.08. The van der Waals surface area contributed by atoms with Crippen molar-refractivity contribution >= 4 is 48.9 Å². The third-order valence-corrected chi connectivity index (χ3v) is 0. The van der Waals surface area contributed by atoms with Gasteiger partial charge in [-0.2, -0.15) is 0 Å². The van der Waals surface area contributed by atoms with Crippen molar-refractivity contribution in [2.24, 2.45) is 0 Å². The Balaban J connectivity index is -0.0000000383. The fourth-order valence-electron chi connectivity index (χ4n) is 0. The average molecular weight is 338 g/mol. The number of halogens is 1. The second kappa shape index (κ2) is 12.5. The van der Waals surface area contributed by atoms with Crippen molar-refractivity contribution in [3.05, 3.63) is 15.3 Å². The topological polar surface area (TPSA) is 158 Å². The third-order valence-electron chi connectivity index (χ3n) is 0. The van der Waals surface area contributed by atoms with Gasteiger partial charge in [-0.3, -0.25) is 0 Å². The molecule has 0 aromatic heterocycles. The zero-order valence-corrected chi connectivity index (χ0v) is 13.7. The number of nitrogens with zero attached hydrogens (tertiary/aromatic N) is 1. The van der Waals surface area contributed by atoms with Gasteiger partial charge in [-0.15, -0.1) is 10.2 Å². The smallest absolute Gasteiger partial charge is 0.356 e. The molecule has 0 aromatic rings. The van der Waals surface area contributed by atoms with E-state index in [1.807, 2.05) is 0 Å². The molecule has 0 spiro atoms. The summed E-state index contributed by atoms with van der Waals surface area (Å²) >= 11 is 0. The van der Waals surface area contributed by atoms with Crippen molar-refractivity contribution in [3.63, 3.8) is 0 Å². The summed E-state index contributed by atoms with van der Waals surface area (Å²) in [5, 5.41) is 14.8. The minimum atomic E-state index is -4.94. The van der Waals surface area contributed by atoms with Crippen LogP contribution in [0.15, 0.2) is 0 Å². The molecule has 0 saturated carbocycles. The summed E-state index contributed by atoms with van der Waals surface area (Å²) in [6.45, 7) is 0. The maximum absolute atomic E-state index is 8.49. The molecule has 0 amide bonds. The van der Waals surface area contributed by atoms with Crippen LogP contribution in [0.4, 0.5) is 0 Å². The van der Waals surface area contributed by atoms with Gasteiger partial charge in [0, 0.05) is 0 Å². The van der Waals surface area contributed by atoms with E-state index in [0.29, 0.717) is 0 Å². The van der Waals surface area contributed by atoms with Crippen molar-refractivity contribution in [2.45, 2.75) is 0 Å². The molecule has 0 aromatic carbocycles. The Kier molecular flexibility index (Phi) is 26.7. The molecule has 0 unspecified atom stereocenters. The molecular weight excluding hydrogens is 338 g/mol. The van der Waals surface area contributed by atoms with E-state index in [1.165, 1.54) is 0 Å². The van der Waals surface area contributed by atoms with Crippen LogP contribution in [0.25, 0.3) is 0 Å². The van der Waals surface area contributed by atoms with Crippen LogP contribution in [0.3, 0.4) is 0 Å². The molecule has 0 fully saturated rings. The Labute approximate surface area is 146 Å². The van der Waals surface area contributed by atoms with Gasteiger partial charge < -0.3 is 15.3 Å². The molecule has 0 rings (SSSR count). The number of hydrogen-bond donors (Lipinski definition) is 0. The Hall–Kier alpha value is 2.54. The van der Waals surface area contributed by atoms with E-state index in [4.69, 9.17) is 34.0 Å². The molecule has 0 saturated heterocycles. The molecular formula is BaClKNO7+. The van der Waals surface area contributed by atoms with Crippen LogP contribution in [0.5, 0.6) is 0 Å². The predicted octanol–water partition coefficient (Wildman–Crippen LogP) is -8.37. The Bertz CT molecular complexity index is 80.9. The maximum atomic E-state index is 8.49. The van der Waals surface area contributed by atoms with Gasteiger partial charge in [0.15, 0.2) is 0 Å². The van der Waals surface area contributed by atoms with Crippen LogP contribution in [-0.2, 0) is 0 Å². The summed E-state index contributed by atoms with van der Waals surface area (Å²) in [5.74, 6) is 0. The van der Waals surface area contributed by atoms with Crippen LogP contribution >= 0.6 is 0 Å². The van der Waals surface area contributed by atoms with E-state index in [2.05, 4.69) is 0 Å². The van der Waals surface area contributed by atoms with Crippen LogP contribution in [0, 0.1) is 25.6 Å². The summed E-state index contributed by atoms with van der Waals surface area (Å²) in [6.07, 6.45) is 0. The van der Waals surface area contributed by atoms with Crippen LogP contribution in [0.1, 0.15) is 0 Å². The van der Waals surface area contributed by atoms with E-state index in [0.717, 1.165) is 0 Å². The SMILES string of the molecule is O=[N+]([O-])[O-].[Ba+2].[K+].[O-][Cl+3]([O-])([O-])[O-]. The molecule has 11 heavy (non-hydrogen) atoms. The molecule has 0 aliphatic heterocycles. The second-order valence-corrected chi connectivity index (χ2v) is 1.36. The Morgan fingerprint density at radius 3 is 1.00 bits per heavy atom. The minimum absolute atomic E-state index is 0. The molecule has 0 atom stereocenters. The van der Waals surface area contributed by atoms with E-state index < -0.39 is 15.3 Å². The molecule has 56 valence electrons. The molecule has 0 N–H and O–H groups in total. The van der Waals surface area contributed by atoms with Gasteiger partial charge in [-0.1, -0.05) is 0 Å². The third kappa shape index (κ3) is 216. The average Bonchev–Trinajstić information content (AvgIpc) is 1.19. The fraction of sp³-hybridized carbons (Fsp3) is 0. The van der Waals surface area contributed by atoms with Gasteiger partial charge in [0.25, 0.3) is 0 Å². The van der Waals surface area contributed by atoms with E-state index >= 15 is 0 Å². The van der Waals surface area contributed by atoms with Crippen molar-refractivity contribution in [2.75, 3.05) is 0 Å². The standard InChI is InChI=1S/Ba.ClHO4.K.NO3/c;2-1(3,4)5;;2-1(3)4/h;(H,2,3,4,5);;/q+2;;+1;-1/p-1. The largest absolute Gasteiger partial charge is 2.00 e. The monoisotopic (exact) mass is 338 g/mol. The van der Waals surface area contributed by atoms with Crippen LogP contribution < -0.4 is 70.0 Å². The first-order chi connectivity index (χ1) is 3.73. The number of hydrogen-bond acceptors (Lipinski definition) is 7. The van der Waals surface area contributed by atoms with Crippen molar-refractivity contribution in [1.29, 1.82) is 0 Å². The fourth-order valence-corrected chi connectivity index (χ4v) is 0. The molecule has 0 aliphatic rings. The van der Waals surface area contributed by atoms with Gasteiger partial charge in [0.05, 0.1) is 5.09 Å². The van der Waals surface area contributed by atoms with Gasteiger partial charge in [0.1, 0.15) is 0 Å². The van der Waals surface area contributed by atoms with Gasteiger partial charge in [-0.05, 0) is 0 Å². The summed E-state index contributed by atoms with van der Waals surface area (Å²) < 4.78 is 34.0. The molecule has 0 radical (unpaired) electrons. The summed E-state index contributed by atoms with van der Waals surface area (Å²) in [7, 11) is -4.94. The quantitative estimate of drug-likeness (QED) is 0.241. The summed E-state index contributed by atoms with van der Waals surface area (Å²) in [6, 6.07) is 0. The molecule has 8 nitrogen and oxygen atoms in total. The van der Waals surface area contributed by atoms with Crippen molar-refractivity contribution < 1.29 is 85.4 Å². The van der Waals surface area contributed by atoms with Gasteiger partial charge >= 0.3 is 100 Å². The number of rotatable bonds is 0. The maximum Gasteiger partial charge on any atom is 2.00 e. The van der Waals surface area contributed by atoms with Crippen molar-refractivity contribution in [3.8, 4) is 0 Å². The van der Waals surface area contributed by atoms with E-state index in [9.17, 15) is 0 Å². The Morgan fingerprint density at radius 2 is 1.00 bits per heavy atom. The van der Waals surface area contributed by atoms with Gasteiger partial charge in [0.2, 0.25) is 0 Å². The van der Waals surface area contributed by atoms with Gasteiger partial charge in [-0.25, -0.2) is 18.6 Å². The summed E-state index contributed by atoms with van der Waals surface area (Å²) in [4.78, 5) is 8.25. The van der Waals surface area contributed by atoms with E-state index in [1.54, 1.807) is 0 Å². The normalized spacial score (nSPS) is 7.64. The van der Waals surface area contributed by atoms with E-state index in [-0.39, 0.29) is 100 Å². The molecule has 0 heterocycles. The summed E-state index contributed by atoms with van der Waals surface area (Å²) in [5.41, 5.74) is 0. The molecule has 11 heteroatoms. The zero-order valence-electron chi connectivity index (χ0n) is 5.39. The first-order valence-corrected chi connectivity index (χ1v) is 2.40. The minimum Gasteiger partial charge on any atom is -0.356 e. The van der Waals surface area contributed by atoms with Crippen LogP contribution in [-0.4, -0.2) is 54.0 Å². The second-order valence-electron chi connectivity index (χ2n) is 0.602.